The highest BCUT2D eigenvalue weighted by Crippen LogP contribution is 2.15. The van der Waals surface area contributed by atoms with Crippen LogP contribution < -0.4 is 5.73 Å². The minimum Gasteiger partial charge on any atom is -0.375 e. The molecule has 1 aromatic rings. The Kier molecular flexibility index (Phi) is 2.26. The first-order valence-corrected chi connectivity index (χ1v) is 3.97. The summed E-state index contributed by atoms with van der Waals surface area (Å²) in [5.41, 5.74) is 5.56. The van der Waals surface area contributed by atoms with E-state index in [1.165, 1.54) is 11.3 Å². The van der Waals surface area contributed by atoms with E-state index in [1.807, 2.05) is 0 Å². The Morgan fingerprint density at radius 2 is 2.45 bits per heavy atom. The number of nitrogen functional groups attached to an aromatic ring is 1. The van der Waals surface area contributed by atoms with E-state index in [2.05, 4.69) is 11.6 Å². The summed E-state index contributed by atoms with van der Waals surface area (Å²) in [5, 5.41) is 1.85. The van der Waals surface area contributed by atoms with Gasteiger partial charge in [0.05, 0.1) is 5.03 Å². The fourth-order valence-corrected chi connectivity index (χ4v) is 1.17. The second-order valence-electron chi connectivity index (χ2n) is 1.81. The molecule has 5 heteroatoms. The quantitative estimate of drug-likeness (QED) is 0.567. The van der Waals surface area contributed by atoms with Gasteiger partial charge in [-0.2, -0.15) is 0 Å². The summed E-state index contributed by atoms with van der Waals surface area (Å²) in [7, 11) is 0. The van der Waals surface area contributed by atoms with Gasteiger partial charge in [0.2, 0.25) is 5.78 Å². The van der Waals surface area contributed by atoms with Crippen LogP contribution in [0.2, 0.25) is 0 Å². The summed E-state index contributed by atoms with van der Waals surface area (Å²) in [6.07, 6.45) is 0. The highest BCUT2D eigenvalue weighted by molar-refractivity contribution is 7.13. The summed E-state index contributed by atoms with van der Waals surface area (Å²) < 4.78 is 0. The fraction of sp³-hybridized carbons (Fsp3) is 0. The SMILES string of the molecule is C=C(Cl)C(=O)c1csc(N)n1. The van der Waals surface area contributed by atoms with Crippen LogP contribution in [0.5, 0.6) is 0 Å². The number of hydrogen-bond acceptors (Lipinski definition) is 4. The average molecular weight is 189 g/mol. The smallest absolute Gasteiger partial charge is 0.223 e. The van der Waals surface area contributed by atoms with Crippen LogP contribution in [0, 0.1) is 0 Å². The van der Waals surface area contributed by atoms with Crippen molar-refractivity contribution in [1.29, 1.82) is 0 Å². The Hall–Kier alpha value is -0.870. The number of rotatable bonds is 2. The van der Waals surface area contributed by atoms with Gasteiger partial charge in [0.15, 0.2) is 5.13 Å². The summed E-state index contributed by atoms with van der Waals surface area (Å²) in [5.74, 6) is -0.375. The topological polar surface area (TPSA) is 56.0 Å². The van der Waals surface area contributed by atoms with Crippen molar-refractivity contribution in [3.63, 3.8) is 0 Å². The van der Waals surface area contributed by atoms with E-state index >= 15 is 0 Å². The zero-order chi connectivity index (χ0) is 8.43. The lowest BCUT2D eigenvalue weighted by Gasteiger charge is -1.88. The van der Waals surface area contributed by atoms with Crippen LogP contribution in [0.4, 0.5) is 5.13 Å². The van der Waals surface area contributed by atoms with Gasteiger partial charge in [0, 0.05) is 5.38 Å². The van der Waals surface area contributed by atoms with Crippen LogP contribution in [-0.2, 0) is 0 Å². The monoisotopic (exact) mass is 188 g/mol. The largest absolute Gasteiger partial charge is 0.375 e. The molecule has 0 radical (unpaired) electrons. The van der Waals surface area contributed by atoms with Gasteiger partial charge >= 0.3 is 0 Å². The molecule has 3 nitrogen and oxygen atoms in total. The van der Waals surface area contributed by atoms with Crippen LogP contribution in [-0.4, -0.2) is 10.8 Å². The van der Waals surface area contributed by atoms with Crippen LogP contribution in [0.1, 0.15) is 10.5 Å². The average Bonchev–Trinajstić information content (AvgIpc) is 2.34. The van der Waals surface area contributed by atoms with Crippen LogP contribution >= 0.6 is 22.9 Å². The number of nitrogens with two attached hydrogens (primary N) is 1. The lowest BCUT2D eigenvalue weighted by molar-refractivity contribution is 0.103. The number of ketones is 1. The molecule has 1 rings (SSSR count). The third-order valence-corrected chi connectivity index (χ3v) is 1.85. The highest BCUT2D eigenvalue weighted by Gasteiger charge is 2.10. The van der Waals surface area contributed by atoms with Crippen molar-refractivity contribution >= 4 is 33.9 Å². The third-order valence-electron chi connectivity index (χ3n) is 1.00. The second-order valence-corrected chi connectivity index (χ2v) is 3.15. The molecule has 0 aliphatic carbocycles. The molecular weight excluding hydrogens is 184 g/mol. The maximum Gasteiger partial charge on any atom is 0.223 e. The normalized spacial score (nSPS) is 9.55. The van der Waals surface area contributed by atoms with Crippen molar-refractivity contribution < 1.29 is 4.79 Å². The molecule has 11 heavy (non-hydrogen) atoms. The number of Topliss-reactive ketones (excluding diaryl/α,β-unsaturated/α-hetero) is 1. The number of nitrogens with zero attached hydrogens (tertiary/aromatic N) is 1. The number of anilines is 1. The minimum atomic E-state index is -0.375. The van der Waals surface area contributed by atoms with Gasteiger partial charge in [0.1, 0.15) is 5.69 Å². The van der Waals surface area contributed by atoms with E-state index in [0.29, 0.717) is 5.13 Å². The van der Waals surface area contributed by atoms with Crippen molar-refractivity contribution in [2.24, 2.45) is 0 Å². The molecule has 58 valence electrons. The molecule has 2 N–H and O–H groups in total. The first-order chi connectivity index (χ1) is 5.11. The van der Waals surface area contributed by atoms with Gasteiger partial charge < -0.3 is 5.73 Å². The van der Waals surface area contributed by atoms with Crippen LogP contribution in [0.3, 0.4) is 0 Å². The summed E-state index contributed by atoms with van der Waals surface area (Å²) in [6.45, 7) is 3.28. The Bertz CT molecular complexity index is 307. The van der Waals surface area contributed by atoms with Crippen LogP contribution in [0.15, 0.2) is 17.0 Å². The number of allylic oxidation sites excluding steroid dienone is 1. The van der Waals surface area contributed by atoms with Crippen molar-refractivity contribution in [2.75, 3.05) is 5.73 Å². The van der Waals surface area contributed by atoms with Gasteiger partial charge in [-0.1, -0.05) is 18.2 Å². The lowest BCUT2D eigenvalue weighted by atomic mass is 10.3. The van der Waals surface area contributed by atoms with E-state index in [4.69, 9.17) is 17.3 Å². The van der Waals surface area contributed by atoms with E-state index in [9.17, 15) is 4.79 Å². The summed E-state index contributed by atoms with van der Waals surface area (Å²) >= 11 is 6.55. The number of halogens is 1. The van der Waals surface area contributed by atoms with Gasteiger partial charge in [-0.3, -0.25) is 4.79 Å². The van der Waals surface area contributed by atoms with Gasteiger partial charge in [-0.25, -0.2) is 4.98 Å². The number of carbonyl (C=O) groups excluding carboxylic acids is 1. The fourth-order valence-electron chi connectivity index (χ4n) is 0.531. The minimum absolute atomic E-state index is 0.0460. The van der Waals surface area contributed by atoms with Crippen molar-refractivity contribution in [1.82, 2.24) is 4.98 Å². The molecule has 0 fully saturated rings. The van der Waals surface area contributed by atoms with E-state index in [0.717, 1.165) is 0 Å². The van der Waals surface area contributed by atoms with Gasteiger partial charge in [-0.05, 0) is 0 Å². The standard InChI is InChI=1S/C6H5ClN2OS/c1-3(7)5(10)4-2-11-6(8)9-4/h2H,1H2,(H2,8,9). The summed E-state index contributed by atoms with van der Waals surface area (Å²) in [6, 6.07) is 0. The third kappa shape index (κ3) is 1.78. The second kappa shape index (κ2) is 3.02. The summed E-state index contributed by atoms with van der Waals surface area (Å²) in [4.78, 5) is 14.7. The molecule has 0 amide bonds. The number of thiazole rings is 1. The predicted molar refractivity (Wildman–Crippen MR) is 45.8 cm³/mol. The van der Waals surface area contributed by atoms with Gasteiger partial charge in [0.25, 0.3) is 0 Å². The van der Waals surface area contributed by atoms with E-state index in [-0.39, 0.29) is 16.5 Å². The molecule has 1 heterocycles. The first kappa shape index (κ1) is 8.23. The molecule has 0 aliphatic heterocycles. The predicted octanol–water partition coefficient (Wildman–Crippen LogP) is 1.66. The molecule has 0 aliphatic rings. The molecule has 0 bridgehead atoms. The number of aromatic nitrogens is 1. The van der Waals surface area contributed by atoms with Gasteiger partial charge in [-0.15, -0.1) is 11.3 Å². The zero-order valence-corrected chi connectivity index (χ0v) is 7.08. The Morgan fingerprint density at radius 1 is 1.82 bits per heavy atom. The van der Waals surface area contributed by atoms with E-state index in [1.54, 1.807) is 5.38 Å². The van der Waals surface area contributed by atoms with Crippen LogP contribution in [0.25, 0.3) is 0 Å². The maximum atomic E-state index is 11.0. The molecule has 0 unspecified atom stereocenters. The molecule has 0 spiro atoms. The Morgan fingerprint density at radius 3 is 2.82 bits per heavy atom. The molecule has 0 saturated carbocycles. The Labute approximate surface area is 72.5 Å². The number of hydrogen-bond donors (Lipinski definition) is 1. The Balaban J connectivity index is 2.94. The molecule has 0 atom stereocenters. The van der Waals surface area contributed by atoms with E-state index < -0.39 is 0 Å². The van der Waals surface area contributed by atoms with Crippen molar-refractivity contribution in [3.8, 4) is 0 Å². The van der Waals surface area contributed by atoms with Crippen molar-refractivity contribution in [2.45, 2.75) is 0 Å². The highest BCUT2D eigenvalue weighted by atomic mass is 35.5. The number of carbonyl (C=O) groups is 1. The molecule has 1 aromatic heterocycles. The zero-order valence-electron chi connectivity index (χ0n) is 5.50. The lowest BCUT2D eigenvalue weighted by Crippen LogP contribution is -1.98. The molecular formula is C6H5ClN2OS. The molecule has 0 saturated heterocycles. The molecule has 0 aromatic carbocycles. The maximum absolute atomic E-state index is 11.0. The first-order valence-electron chi connectivity index (χ1n) is 2.71. The van der Waals surface area contributed by atoms with Crippen molar-refractivity contribution in [3.05, 3.63) is 22.7 Å².